The topological polar surface area (TPSA) is 59.4 Å². The monoisotopic (exact) mass is 269 g/mol. The van der Waals surface area contributed by atoms with Gasteiger partial charge >= 0.3 is 5.97 Å². The van der Waals surface area contributed by atoms with Crippen LogP contribution >= 0.6 is 11.6 Å². The first-order valence-electron chi connectivity index (χ1n) is 6.23. The smallest absolute Gasteiger partial charge is 0.337 e. The summed E-state index contributed by atoms with van der Waals surface area (Å²) in [5.41, 5.74) is 0.0373. The Morgan fingerprint density at radius 1 is 1.33 bits per heavy atom. The van der Waals surface area contributed by atoms with Crippen LogP contribution in [0.15, 0.2) is 12.3 Å². The molecular formula is C13H16ClNO3. The number of aromatic nitrogens is 1. The Labute approximate surface area is 111 Å². The Morgan fingerprint density at radius 2 is 2.00 bits per heavy atom. The minimum Gasteiger partial charge on any atom is -0.478 e. The quantitative estimate of drug-likeness (QED) is 0.853. The summed E-state index contributed by atoms with van der Waals surface area (Å²) in [5, 5.41) is 9.07. The molecule has 0 spiro atoms. The van der Waals surface area contributed by atoms with Gasteiger partial charge in [0.1, 0.15) is 11.1 Å². The van der Waals surface area contributed by atoms with Crippen LogP contribution in [0.1, 0.15) is 48.9 Å². The van der Waals surface area contributed by atoms with Crippen LogP contribution in [0.2, 0.25) is 5.02 Å². The molecule has 18 heavy (non-hydrogen) atoms. The molecule has 1 fully saturated rings. The third kappa shape index (κ3) is 3.13. The van der Waals surface area contributed by atoms with Crippen molar-refractivity contribution < 1.29 is 14.6 Å². The number of carboxylic acid groups (broad SMARTS) is 1. The molecule has 1 aromatic rings. The second-order valence-electron chi connectivity index (χ2n) is 4.51. The van der Waals surface area contributed by atoms with E-state index in [-0.39, 0.29) is 22.6 Å². The molecule has 0 amide bonds. The van der Waals surface area contributed by atoms with Gasteiger partial charge in [-0.2, -0.15) is 0 Å². The molecule has 1 heterocycles. The molecule has 98 valence electrons. The number of carbonyl (C=O) groups is 1. The van der Waals surface area contributed by atoms with Crippen molar-refractivity contribution in [3.63, 3.8) is 0 Å². The number of halogens is 1. The van der Waals surface area contributed by atoms with Crippen LogP contribution in [0.5, 0.6) is 5.88 Å². The summed E-state index contributed by atoms with van der Waals surface area (Å²) in [6, 6.07) is 1.38. The third-order valence-corrected chi connectivity index (χ3v) is 3.53. The van der Waals surface area contributed by atoms with Gasteiger partial charge < -0.3 is 9.84 Å². The molecular weight excluding hydrogens is 254 g/mol. The Balaban J connectivity index is 2.13. The van der Waals surface area contributed by atoms with E-state index < -0.39 is 5.97 Å². The van der Waals surface area contributed by atoms with Gasteiger partial charge in [0.2, 0.25) is 5.88 Å². The number of carboxylic acids is 1. The van der Waals surface area contributed by atoms with Gasteiger partial charge in [0.05, 0.1) is 5.56 Å². The average Bonchev–Trinajstić information content (AvgIpc) is 2.60. The van der Waals surface area contributed by atoms with E-state index in [0.29, 0.717) is 0 Å². The van der Waals surface area contributed by atoms with Gasteiger partial charge in [0.25, 0.3) is 0 Å². The normalized spacial score (nSPS) is 17.2. The van der Waals surface area contributed by atoms with Crippen molar-refractivity contribution in [1.29, 1.82) is 0 Å². The molecule has 1 aliphatic rings. The Hall–Kier alpha value is -1.29. The zero-order valence-electron chi connectivity index (χ0n) is 10.1. The average molecular weight is 270 g/mol. The Kier molecular flexibility index (Phi) is 4.42. The highest BCUT2D eigenvalue weighted by Gasteiger charge is 2.19. The molecule has 0 bridgehead atoms. The van der Waals surface area contributed by atoms with Crippen molar-refractivity contribution in [1.82, 2.24) is 4.98 Å². The molecule has 0 aromatic carbocycles. The molecule has 4 nitrogen and oxygen atoms in total. The highest BCUT2D eigenvalue weighted by Crippen LogP contribution is 2.29. The molecule has 1 saturated carbocycles. The van der Waals surface area contributed by atoms with Gasteiger partial charge in [-0.25, -0.2) is 9.78 Å². The lowest BCUT2D eigenvalue weighted by molar-refractivity contribution is 0.0695. The predicted octanol–water partition coefficient (Wildman–Crippen LogP) is 3.53. The van der Waals surface area contributed by atoms with Crippen LogP contribution < -0.4 is 4.74 Å². The fourth-order valence-corrected chi connectivity index (χ4v) is 2.43. The van der Waals surface area contributed by atoms with Crippen molar-refractivity contribution in [2.75, 3.05) is 0 Å². The van der Waals surface area contributed by atoms with Crippen LogP contribution in [0.3, 0.4) is 0 Å². The Morgan fingerprint density at radius 3 is 2.61 bits per heavy atom. The number of pyridine rings is 1. The zero-order chi connectivity index (χ0) is 13.0. The second-order valence-corrected chi connectivity index (χ2v) is 4.89. The summed E-state index contributed by atoms with van der Waals surface area (Å²) in [6.45, 7) is 0. The van der Waals surface area contributed by atoms with E-state index in [1.54, 1.807) is 0 Å². The molecule has 0 atom stereocenters. The van der Waals surface area contributed by atoms with E-state index in [2.05, 4.69) is 4.98 Å². The van der Waals surface area contributed by atoms with Crippen LogP contribution in [-0.4, -0.2) is 22.2 Å². The van der Waals surface area contributed by atoms with Crippen molar-refractivity contribution in [3.05, 3.63) is 22.8 Å². The van der Waals surface area contributed by atoms with Gasteiger partial charge in [-0.1, -0.05) is 24.4 Å². The number of aromatic carboxylic acids is 1. The van der Waals surface area contributed by atoms with E-state index in [1.807, 2.05) is 0 Å². The first-order valence-corrected chi connectivity index (χ1v) is 6.60. The number of nitrogens with zero attached hydrogens (tertiary/aromatic N) is 1. The molecule has 1 N–H and O–H groups in total. The first kappa shape index (κ1) is 13.1. The predicted molar refractivity (Wildman–Crippen MR) is 68.3 cm³/mol. The summed E-state index contributed by atoms with van der Waals surface area (Å²) in [5.74, 6) is -0.823. The largest absolute Gasteiger partial charge is 0.478 e. The lowest BCUT2D eigenvalue weighted by atomic mass is 10.1. The molecule has 0 unspecified atom stereocenters. The van der Waals surface area contributed by atoms with E-state index in [0.717, 1.165) is 25.7 Å². The third-order valence-electron chi connectivity index (χ3n) is 3.17. The standard InChI is InChI=1S/C13H16ClNO3/c14-11-10(13(16)17)7-8-15-12(11)18-9-5-3-1-2-4-6-9/h7-9H,1-6H2,(H,16,17). The van der Waals surface area contributed by atoms with Crippen LogP contribution in [0, 0.1) is 0 Å². The van der Waals surface area contributed by atoms with Gasteiger partial charge in [-0.05, 0) is 31.7 Å². The SMILES string of the molecule is O=C(O)c1ccnc(OC2CCCCCC2)c1Cl. The second kappa shape index (κ2) is 6.05. The van der Waals surface area contributed by atoms with Crippen molar-refractivity contribution >= 4 is 17.6 Å². The van der Waals surface area contributed by atoms with Gasteiger partial charge in [0, 0.05) is 6.20 Å². The number of hydrogen-bond donors (Lipinski definition) is 1. The maximum atomic E-state index is 11.0. The van der Waals surface area contributed by atoms with E-state index in [9.17, 15) is 4.79 Å². The number of hydrogen-bond acceptors (Lipinski definition) is 3. The molecule has 1 aromatic heterocycles. The molecule has 5 heteroatoms. The highest BCUT2D eigenvalue weighted by molar-refractivity contribution is 6.34. The molecule has 0 radical (unpaired) electrons. The summed E-state index contributed by atoms with van der Waals surface area (Å²) in [7, 11) is 0. The van der Waals surface area contributed by atoms with Gasteiger partial charge in [-0.15, -0.1) is 0 Å². The summed E-state index contributed by atoms with van der Waals surface area (Å²) < 4.78 is 5.75. The summed E-state index contributed by atoms with van der Waals surface area (Å²) >= 11 is 6.00. The maximum Gasteiger partial charge on any atom is 0.337 e. The minimum atomic E-state index is -1.06. The van der Waals surface area contributed by atoms with Gasteiger partial charge in [-0.3, -0.25) is 0 Å². The fraction of sp³-hybridized carbons (Fsp3) is 0.538. The first-order chi connectivity index (χ1) is 8.68. The highest BCUT2D eigenvalue weighted by atomic mass is 35.5. The lowest BCUT2D eigenvalue weighted by Gasteiger charge is -2.17. The van der Waals surface area contributed by atoms with E-state index in [1.165, 1.54) is 25.1 Å². The number of rotatable bonds is 3. The van der Waals surface area contributed by atoms with E-state index >= 15 is 0 Å². The fourth-order valence-electron chi connectivity index (χ4n) is 2.19. The number of ether oxygens (including phenoxy) is 1. The molecule has 2 rings (SSSR count). The van der Waals surface area contributed by atoms with Crippen molar-refractivity contribution in [3.8, 4) is 5.88 Å². The van der Waals surface area contributed by atoms with E-state index in [4.69, 9.17) is 21.4 Å². The molecule has 0 saturated heterocycles. The van der Waals surface area contributed by atoms with Crippen LogP contribution in [0.4, 0.5) is 0 Å². The minimum absolute atomic E-state index is 0.0373. The van der Waals surface area contributed by atoms with Crippen molar-refractivity contribution in [2.24, 2.45) is 0 Å². The summed E-state index contributed by atoms with van der Waals surface area (Å²) in [4.78, 5) is 15.0. The molecule has 0 aliphatic heterocycles. The Bertz CT molecular complexity index is 428. The van der Waals surface area contributed by atoms with Gasteiger partial charge in [0.15, 0.2) is 0 Å². The summed E-state index contributed by atoms with van der Waals surface area (Å²) in [6.07, 6.45) is 8.22. The van der Waals surface area contributed by atoms with Crippen molar-refractivity contribution in [2.45, 2.75) is 44.6 Å². The zero-order valence-corrected chi connectivity index (χ0v) is 10.8. The maximum absolute atomic E-state index is 11.0. The van der Waals surface area contributed by atoms with Crippen LogP contribution in [-0.2, 0) is 0 Å². The van der Waals surface area contributed by atoms with Crippen LogP contribution in [0.25, 0.3) is 0 Å². The lowest BCUT2D eigenvalue weighted by Crippen LogP contribution is -2.16. The molecule has 1 aliphatic carbocycles.